The van der Waals surface area contributed by atoms with Gasteiger partial charge in [-0.3, -0.25) is 9.59 Å². The summed E-state index contributed by atoms with van der Waals surface area (Å²) in [5.74, 6) is -0.664. The highest BCUT2D eigenvalue weighted by Crippen LogP contribution is 2.09. The standard InChI is InChI=1S/C12H14N2O3/c13-11(15)9-3-1-2-8(6-9)7-14-10-4-5-17-12(10)16/h1-3,6,10,14H,4-5,7H2,(H2,13,15). The van der Waals surface area contributed by atoms with Crippen LogP contribution >= 0.6 is 0 Å². The average molecular weight is 234 g/mol. The van der Waals surface area contributed by atoms with E-state index in [2.05, 4.69) is 5.32 Å². The van der Waals surface area contributed by atoms with Crippen molar-refractivity contribution >= 4 is 11.9 Å². The van der Waals surface area contributed by atoms with Crippen molar-refractivity contribution in [3.05, 3.63) is 35.4 Å². The van der Waals surface area contributed by atoms with Gasteiger partial charge in [0.25, 0.3) is 0 Å². The third-order valence-electron chi connectivity index (χ3n) is 2.70. The van der Waals surface area contributed by atoms with Gasteiger partial charge in [0.1, 0.15) is 6.04 Å². The highest BCUT2D eigenvalue weighted by atomic mass is 16.5. The van der Waals surface area contributed by atoms with E-state index in [0.717, 1.165) is 5.56 Å². The summed E-state index contributed by atoms with van der Waals surface area (Å²) in [7, 11) is 0. The van der Waals surface area contributed by atoms with Gasteiger partial charge in [-0.15, -0.1) is 0 Å². The summed E-state index contributed by atoms with van der Waals surface area (Å²) in [4.78, 5) is 22.2. The van der Waals surface area contributed by atoms with Gasteiger partial charge < -0.3 is 15.8 Å². The normalized spacial score (nSPS) is 19.1. The predicted octanol–water partition coefficient (Wildman–Crippen LogP) is 0.191. The molecule has 2 rings (SSSR count). The minimum atomic E-state index is -0.452. The number of benzene rings is 1. The Kier molecular flexibility index (Phi) is 3.39. The number of ether oxygens (including phenoxy) is 1. The second-order valence-electron chi connectivity index (χ2n) is 3.95. The lowest BCUT2D eigenvalue weighted by atomic mass is 10.1. The number of hydrogen-bond donors (Lipinski definition) is 2. The van der Waals surface area contributed by atoms with Crippen molar-refractivity contribution in [2.24, 2.45) is 5.73 Å². The van der Waals surface area contributed by atoms with Gasteiger partial charge in [0.05, 0.1) is 6.61 Å². The summed E-state index contributed by atoms with van der Waals surface area (Å²) in [6, 6.07) is 6.78. The van der Waals surface area contributed by atoms with Gasteiger partial charge in [0, 0.05) is 18.5 Å². The molecule has 1 atom stereocenters. The lowest BCUT2D eigenvalue weighted by Gasteiger charge is -2.09. The first kappa shape index (κ1) is 11.6. The molecule has 1 aromatic carbocycles. The van der Waals surface area contributed by atoms with Crippen LogP contribution in [0.1, 0.15) is 22.3 Å². The molecule has 0 saturated carbocycles. The van der Waals surface area contributed by atoms with Crippen LogP contribution < -0.4 is 11.1 Å². The lowest BCUT2D eigenvalue weighted by Crippen LogP contribution is -2.32. The van der Waals surface area contributed by atoms with Crippen LogP contribution in [0.2, 0.25) is 0 Å². The SMILES string of the molecule is NC(=O)c1cccc(CNC2CCOC2=O)c1. The third kappa shape index (κ3) is 2.82. The predicted molar refractivity (Wildman–Crippen MR) is 61.2 cm³/mol. The molecule has 1 saturated heterocycles. The molecule has 0 radical (unpaired) electrons. The van der Waals surface area contributed by atoms with Crippen molar-refractivity contribution < 1.29 is 14.3 Å². The number of nitrogens with one attached hydrogen (secondary N) is 1. The topological polar surface area (TPSA) is 81.4 Å². The number of carbonyl (C=O) groups excluding carboxylic acids is 2. The Morgan fingerprint density at radius 2 is 2.35 bits per heavy atom. The molecule has 5 nitrogen and oxygen atoms in total. The number of nitrogens with two attached hydrogens (primary N) is 1. The van der Waals surface area contributed by atoms with E-state index in [4.69, 9.17) is 10.5 Å². The molecule has 0 spiro atoms. The van der Waals surface area contributed by atoms with Crippen LogP contribution in [0.5, 0.6) is 0 Å². The van der Waals surface area contributed by atoms with Crippen LogP contribution in [0.15, 0.2) is 24.3 Å². The molecule has 17 heavy (non-hydrogen) atoms. The van der Waals surface area contributed by atoms with Crippen molar-refractivity contribution in [2.45, 2.75) is 19.0 Å². The fourth-order valence-corrected chi connectivity index (χ4v) is 1.76. The summed E-state index contributed by atoms with van der Waals surface area (Å²) in [5.41, 5.74) is 6.58. The molecular formula is C12H14N2O3. The quantitative estimate of drug-likeness (QED) is 0.729. The van der Waals surface area contributed by atoms with Gasteiger partial charge in [-0.25, -0.2) is 0 Å². The van der Waals surface area contributed by atoms with Crippen LogP contribution in [-0.2, 0) is 16.1 Å². The zero-order valence-corrected chi connectivity index (χ0v) is 9.31. The van der Waals surface area contributed by atoms with E-state index in [1.54, 1.807) is 18.2 Å². The Balaban J connectivity index is 1.96. The van der Waals surface area contributed by atoms with Crippen LogP contribution in [0.25, 0.3) is 0 Å². The molecule has 5 heteroatoms. The average Bonchev–Trinajstić information content (AvgIpc) is 2.72. The molecule has 1 aromatic rings. The van der Waals surface area contributed by atoms with E-state index in [-0.39, 0.29) is 12.0 Å². The smallest absolute Gasteiger partial charge is 0.323 e. The molecule has 1 heterocycles. The fraction of sp³-hybridized carbons (Fsp3) is 0.333. The third-order valence-corrected chi connectivity index (χ3v) is 2.70. The van der Waals surface area contributed by atoms with E-state index < -0.39 is 5.91 Å². The maximum atomic E-state index is 11.2. The number of cyclic esters (lactones) is 1. The Hall–Kier alpha value is -1.88. The number of rotatable bonds is 4. The fourth-order valence-electron chi connectivity index (χ4n) is 1.76. The first-order chi connectivity index (χ1) is 8.16. The number of primary amides is 1. The van der Waals surface area contributed by atoms with Crippen LogP contribution in [0.4, 0.5) is 0 Å². The molecule has 0 bridgehead atoms. The number of carbonyl (C=O) groups is 2. The minimum absolute atomic E-state index is 0.212. The zero-order valence-electron chi connectivity index (χ0n) is 9.31. The maximum absolute atomic E-state index is 11.2. The van der Waals surface area contributed by atoms with Gasteiger partial charge in [-0.1, -0.05) is 12.1 Å². The van der Waals surface area contributed by atoms with E-state index >= 15 is 0 Å². The lowest BCUT2D eigenvalue weighted by molar-refractivity contribution is -0.139. The molecule has 3 N–H and O–H groups in total. The molecule has 1 amide bonds. The Bertz CT molecular complexity index is 445. The van der Waals surface area contributed by atoms with Crippen LogP contribution in [0, 0.1) is 0 Å². The molecule has 1 unspecified atom stereocenters. The summed E-state index contributed by atoms with van der Waals surface area (Å²) < 4.78 is 4.84. The first-order valence-corrected chi connectivity index (χ1v) is 5.45. The van der Waals surface area contributed by atoms with Crippen molar-refractivity contribution in [3.63, 3.8) is 0 Å². The van der Waals surface area contributed by atoms with Gasteiger partial charge in [0.2, 0.25) is 5.91 Å². The molecular weight excluding hydrogens is 220 g/mol. The van der Waals surface area contributed by atoms with Crippen molar-refractivity contribution in [1.82, 2.24) is 5.32 Å². The number of hydrogen-bond acceptors (Lipinski definition) is 4. The summed E-state index contributed by atoms with van der Waals surface area (Å²) >= 11 is 0. The molecule has 0 aliphatic carbocycles. The van der Waals surface area contributed by atoms with Gasteiger partial charge >= 0.3 is 5.97 Å². The zero-order chi connectivity index (χ0) is 12.3. The highest BCUT2D eigenvalue weighted by molar-refractivity contribution is 5.92. The molecule has 0 aromatic heterocycles. The van der Waals surface area contributed by atoms with Crippen molar-refractivity contribution in [2.75, 3.05) is 6.61 Å². The second kappa shape index (κ2) is 4.97. The Morgan fingerprint density at radius 1 is 1.53 bits per heavy atom. The first-order valence-electron chi connectivity index (χ1n) is 5.45. The number of amides is 1. The maximum Gasteiger partial charge on any atom is 0.323 e. The van der Waals surface area contributed by atoms with Gasteiger partial charge in [-0.2, -0.15) is 0 Å². The second-order valence-corrected chi connectivity index (χ2v) is 3.95. The molecule has 1 fully saturated rings. The highest BCUT2D eigenvalue weighted by Gasteiger charge is 2.25. The summed E-state index contributed by atoms with van der Waals surface area (Å²) in [6.07, 6.45) is 0.689. The molecule has 1 aliphatic rings. The van der Waals surface area contributed by atoms with Crippen molar-refractivity contribution in [1.29, 1.82) is 0 Å². The van der Waals surface area contributed by atoms with E-state index in [0.29, 0.717) is 25.1 Å². The Labute approximate surface area is 98.9 Å². The van der Waals surface area contributed by atoms with Crippen molar-refractivity contribution in [3.8, 4) is 0 Å². The Morgan fingerprint density at radius 3 is 3.00 bits per heavy atom. The van der Waals surface area contributed by atoms with Crippen LogP contribution in [-0.4, -0.2) is 24.5 Å². The van der Waals surface area contributed by atoms with E-state index in [9.17, 15) is 9.59 Å². The summed E-state index contributed by atoms with van der Waals surface area (Å²) in [6.45, 7) is 0.985. The van der Waals surface area contributed by atoms with Gasteiger partial charge in [0.15, 0.2) is 0 Å². The largest absolute Gasteiger partial charge is 0.464 e. The van der Waals surface area contributed by atoms with E-state index in [1.165, 1.54) is 0 Å². The minimum Gasteiger partial charge on any atom is -0.464 e. The van der Waals surface area contributed by atoms with Gasteiger partial charge in [-0.05, 0) is 17.7 Å². The number of esters is 1. The summed E-state index contributed by atoms with van der Waals surface area (Å²) in [5, 5.41) is 3.09. The van der Waals surface area contributed by atoms with Crippen LogP contribution in [0.3, 0.4) is 0 Å². The van der Waals surface area contributed by atoms with E-state index in [1.807, 2.05) is 6.07 Å². The molecule has 1 aliphatic heterocycles. The monoisotopic (exact) mass is 234 g/mol. The molecule has 90 valence electrons.